The third-order valence-corrected chi connectivity index (χ3v) is 10.2. The summed E-state index contributed by atoms with van der Waals surface area (Å²) in [7, 11) is 0. The van der Waals surface area contributed by atoms with Crippen LogP contribution in [0.1, 0.15) is 31.9 Å². The molecule has 8 aromatic rings. The summed E-state index contributed by atoms with van der Waals surface area (Å²) in [5.41, 5.74) is 11.4. The Labute approximate surface area is 256 Å². The molecule has 3 heteroatoms. The van der Waals surface area contributed by atoms with E-state index in [1.54, 1.807) is 0 Å². The lowest BCUT2D eigenvalue weighted by molar-refractivity contribution is 0.414. The van der Waals surface area contributed by atoms with E-state index >= 15 is 0 Å². The molecule has 3 aromatic heterocycles. The third kappa shape index (κ3) is 3.32. The summed E-state index contributed by atoms with van der Waals surface area (Å²) in [6.07, 6.45) is 3.83. The van der Waals surface area contributed by atoms with Crippen molar-refractivity contribution < 1.29 is 0 Å². The molecule has 0 radical (unpaired) electrons. The smallest absolute Gasteiger partial charge is 0.138 e. The molecule has 3 nitrogen and oxygen atoms in total. The van der Waals surface area contributed by atoms with E-state index in [0.717, 1.165) is 38.5 Å². The zero-order valence-electron chi connectivity index (χ0n) is 25.0. The molecule has 0 amide bonds. The molecular weight excluding hydrogens is 534 g/mol. The van der Waals surface area contributed by atoms with Gasteiger partial charge in [0.1, 0.15) is 5.82 Å². The highest BCUT2D eigenvalue weighted by molar-refractivity contribution is 6.11. The van der Waals surface area contributed by atoms with Crippen LogP contribution in [0.2, 0.25) is 0 Å². The van der Waals surface area contributed by atoms with E-state index in [1.807, 2.05) is 18.5 Å². The van der Waals surface area contributed by atoms with E-state index in [9.17, 15) is 0 Å². The predicted molar refractivity (Wildman–Crippen MR) is 184 cm³/mol. The summed E-state index contributed by atoms with van der Waals surface area (Å²) in [4.78, 5) is 9.66. The number of pyridine rings is 2. The molecule has 0 saturated carbocycles. The van der Waals surface area contributed by atoms with E-state index in [4.69, 9.17) is 4.98 Å². The second kappa shape index (κ2) is 9.11. The number of aromatic nitrogens is 3. The summed E-state index contributed by atoms with van der Waals surface area (Å²) in [6, 6.07) is 42.1. The highest BCUT2D eigenvalue weighted by atomic mass is 15.1. The molecule has 0 fully saturated rings. The van der Waals surface area contributed by atoms with Crippen molar-refractivity contribution in [1.29, 1.82) is 0 Å². The second-order valence-electron chi connectivity index (χ2n) is 12.6. The molecule has 0 spiro atoms. The van der Waals surface area contributed by atoms with Gasteiger partial charge in [-0.15, -0.1) is 0 Å². The average Bonchev–Trinajstić information content (AvgIpc) is 3.54. The van der Waals surface area contributed by atoms with Gasteiger partial charge in [-0.2, -0.15) is 0 Å². The highest BCUT2D eigenvalue weighted by Gasteiger charge is 2.42. The van der Waals surface area contributed by atoms with Gasteiger partial charge in [-0.05, 0) is 75.0 Å². The van der Waals surface area contributed by atoms with Crippen LogP contribution in [-0.2, 0) is 5.41 Å². The zero-order chi connectivity index (χ0) is 29.6. The van der Waals surface area contributed by atoms with Crippen molar-refractivity contribution in [1.82, 2.24) is 14.5 Å². The van der Waals surface area contributed by atoms with Crippen LogP contribution in [0.25, 0.3) is 71.6 Å². The SMILES string of the molecule is CC(C)C1(C)c2ccccc2-c2c(-c3ccc4c(c3)c3ccccc3n4-c3cc4ccc5cccnc5c4cn3)cccc21. The summed E-state index contributed by atoms with van der Waals surface area (Å²) in [6.45, 7) is 7.11. The van der Waals surface area contributed by atoms with Gasteiger partial charge in [0.2, 0.25) is 0 Å². The summed E-state index contributed by atoms with van der Waals surface area (Å²) < 4.78 is 2.30. The van der Waals surface area contributed by atoms with Crippen LogP contribution in [0.4, 0.5) is 0 Å². The van der Waals surface area contributed by atoms with Crippen molar-refractivity contribution in [2.45, 2.75) is 26.2 Å². The maximum Gasteiger partial charge on any atom is 0.138 e. The van der Waals surface area contributed by atoms with Crippen molar-refractivity contribution in [2.75, 3.05) is 0 Å². The molecular formula is C41H31N3. The quantitative estimate of drug-likeness (QED) is 0.200. The first-order valence-electron chi connectivity index (χ1n) is 15.4. The maximum absolute atomic E-state index is 5.01. The van der Waals surface area contributed by atoms with Crippen LogP contribution in [0.3, 0.4) is 0 Å². The standard InChI is InChI=1S/C41H31N3/c1-25(2)41(3)34-14-6-4-12-31(34)39-29(13-8-15-35(39)41)27-19-20-37-32(22-27)30-11-5-7-16-36(30)44(37)38-23-28-18-17-26-10-9-21-42-40(26)33(28)24-43-38/h4-25H,1-3H3. The van der Waals surface area contributed by atoms with Crippen LogP contribution < -0.4 is 0 Å². The minimum absolute atomic E-state index is 0.0232. The Hall–Kier alpha value is -5.28. The number of rotatable bonds is 3. The molecule has 0 bridgehead atoms. The minimum Gasteiger partial charge on any atom is -0.294 e. The second-order valence-corrected chi connectivity index (χ2v) is 12.6. The van der Waals surface area contributed by atoms with E-state index in [1.165, 1.54) is 44.2 Å². The first kappa shape index (κ1) is 25.2. The predicted octanol–water partition coefficient (Wildman–Crippen LogP) is 10.5. The Morgan fingerprint density at radius 2 is 1.39 bits per heavy atom. The molecule has 1 aliphatic rings. The van der Waals surface area contributed by atoms with Crippen molar-refractivity contribution in [3.63, 3.8) is 0 Å². The summed E-state index contributed by atoms with van der Waals surface area (Å²) >= 11 is 0. The Kier molecular flexibility index (Phi) is 5.23. The minimum atomic E-state index is -0.0232. The molecule has 0 N–H and O–H groups in total. The molecule has 9 rings (SSSR count). The van der Waals surface area contributed by atoms with Crippen LogP contribution >= 0.6 is 0 Å². The molecule has 0 saturated heterocycles. The largest absolute Gasteiger partial charge is 0.294 e. The lowest BCUT2D eigenvalue weighted by Gasteiger charge is -2.32. The molecule has 44 heavy (non-hydrogen) atoms. The normalized spacial score (nSPS) is 15.9. The number of nitrogens with zero attached hydrogens (tertiary/aromatic N) is 3. The average molecular weight is 566 g/mol. The van der Waals surface area contributed by atoms with E-state index in [2.05, 4.69) is 140 Å². The van der Waals surface area contributed by atoms with Crippen molar-refractivity contribution in [3.05, 3.63) is 139 Å². The molecule has 1 unspecified atom stereocenters. The van der Waals surface area contributed by atoms with Gasteiger partial charge in [0.25, 0.3) is 0 Å². The molecule has 1 aliphatic carbocycles. The van der Waals surface area contributed by atoms with E-state index < -0.39 is 0 Å². The Morgan fingerprint density at radius 1 is 0.614 bits per heavy atom. The first-order chi connectivity index (χ1) is 21.5. The highest BCUT2D eigenvalue weighted by Crippen LogP contribution is 2.55. The third-order valence-electron chi connectivity index (χ3n) is 10.2. The van der Waals surface area contributed by atoms with Gasteiger partial charge in [0, 0.05) is 39.4 Å². The number of fused-ring (bicyclic) bond motifs is 9. The van der Waals surface area contributed by atoms with Gasteiger partial charge in [-0.25, -0.2) is 4.98 Å². The van der Waals surface area contributed by atoms with Crippen LogP contribution in [0.15, 0.2) is 128 Å². The fraction of sp³-hybridized carbons (Fsp3) is 0.122. The van der Waals surface area contributed by atoms with Gasteiger partial charge in [-0.3, -0.25) is 9.55 Å². The van der Waals surface area contributed by atoms with E-state index in [-0.39, 0.29) is 5.41 Å². The fourth-order valence-electron chi connectivity index (χ4n) is 7.70. The van der Waals surface area contributed by atoms with Gasteiger partial charge in [0.05, 0.1) is 16.6 Å². The van der Waals surface area contributed by atoms with Crippen molar-refractivity contribution in [3.8, 4) is 28.1 Å². The molecule has 1 atom stereocenters. The monoisotopic (exact) mass is 565 g/mol. The van der Waals surface area contributed by atoms with E-state index in [0.29, 0.717) is 5.92 Å². The van der Waals surface area contributed by atoms with Crippen molar-refractivity contribution >= 4 is 43.5 Å². The number of hydrogen-bond donors (Lipinski definition) is 0. The Morgan fingerprint density at radius 3 is 2.30 bits per heavy atom. The first-order valence-corrected chi connectivity index (χ1v) is 15.4. The van der Waals surface area contributed by atoms with Crippen LogP contribution in [-0.4, -0.2) is 14.5 Å². The topological polar surface area (TPSA) is 30.7 Å². The lowest BCUT2D eigenvalue weighted by Crippen LogP contribution is -2.27. The van der Waals surface area contributed by atoms with Crippen LogP contribution in [0, 0.1) is 5.92 Å². The Balaban J connectivity index is 1.27. The Bertz CT molecular complexity index is 2450. The summed E-state index contributed by atoms with van der Waals surface area (Å²) in [5, 5.41) is 5.79. The van der Waals surface area contributed by atoms with Gasteiger partial charge in [0.15, 0.2) is 0 Å². The molecule has 210 valence electrons. The lowest BCUT2D eigenvalue weighted by atomic mass is 9.71. The van der Waals surface area contributed by atoms with Gasteiger partial charge in [-0.1, -0.05) is 106 Å². The van der Waals surface area contributed by atoms with Gasteiger partial charge >= 0.3 is 0 Å². The van der Waals surface area contributed by atoms with Gasteiger partial charge < -0.3 is 0 Å². The molecule has 5 aromatic carbocycles. The number of para-hydroxylation sites is 1. The van der Waals surface area contributed by atoms with Crippen molar-refractivity contribution in [2.24, 2.45) is 5.92 Å². The zero-order valence-corrected chi connectivity index (χ0v) is 25.0. The molecule has 3 heterocycles. The molecule has 0 aliphatic heterocycles. The fourth-order valence-corrected chi connectivity index (χ4v) is 7.70. The van der Waals surface area contributed by atoms with Crippen LogP contribution in [0.5, 0.6) is 0 Å². The maximum atomic E-state index is 5.01. The number of hydrogen-bond acceptors (Lipinski definition) is 2. The summed E-state index contributed by atoms with van der Waals surface area (Å²) in [5.74, 6) is 1.39. The number of benzene rings is 5.